The summed E-state index contributed by atoms with van der Waals surface area (Å²) in [5.41, 5.74) is 8.13. The SMILES string of the molecule is CSc1sc(C(N)NC(=O)OC(C)(C)C)cc1S(=O)(=O)c1cccc(-c2ccncc2C)c1. The fraction of sp³-hybridized carbons (Fsp3) is 0.304. The summed E-state index contributed by atoms with van der Waals surface area (Å²) in [5.74, 6) is 0. The molecule has 1 unspecified atom stereocenters. The highest BCUT2D eigenvalue weighted by atomic mass is 32.2. The highest BCUT2D eigenvalue weighted by Gasteiger charge is 2.27. The topological polar surface area (TPSA) is 111 Å². The number of pyridine rings is 1. The molecule has 0 aliphatic carbocycles. The minimum absolute atomic E-state index is 0.167. The Morgan fingerprint density at radius 3 is 2.61 bits per heavy atom. The molecule has 1 atom stereocenters. The van der Waals surface area contributed by atoms with Crippen LogP contribution in [0.5, 0.6) is 0 Å². The van der Waals surface area contributed by atoms with Gasteiger partial charge in [-0.1, -0.05) is 12.1 Å². The maximum Gasteiger partial charge on any atom is 0.409 e. The number of nitrogens with zero attached hydrogens (tertiary/aromatic N) is 1. The standard InChI is InChI=1S/C23H27N3O4S3/c1-14-13-25-10-9-17(14)15-7-6-8-16(11-15)33(28,29)19-12-18(32-21(19)31-5)20(24)26-22(27)30-23(2,3)4/h6-13,20H,24H2,1-5H3,(H,26,27). The lowest BCUT2D eigenvalue weighted by Crippen LogP contribution is -2.38. The molecule has 1 amide bonds. The van der Waals surface area contributed by atoms with Gasteiger partial charge < -0.3 is 15.8 Å². The molecule has 0 bridgehead atoms. The number of ether oxygens (including phenoxy) is 1. The van der Waals surface area contributed by atoms with Gasteiger partial charge >= 0.3 is 6.09 Å². The van der Waals surface area contributed by atoms with Gasteiger partial charge in [-0.05, 0) is 74.9 Å². The maximum absolute atomic E-state index is 13.6. The fourth-order valence-corrected chi connectivity index (χ4v) is 7.14. The smallest absolute Gasteiger partial charge is 0.409 e. The second-order valence-corrected chi connectivity index (χ2v) is 12.4. The molecule has 3 aromatic rings. The number of thiophene rings is 1. The minimum Gasteiger partial charge on any atom is -0.444 e. The van der Waals surface area contributed by atoms with E-state index in [-0.39, 0.29) is 9.79 Å². The van der Waals surface area contributed by atoms with Gasteiger partial charge in [0.15, 0.2) is 0 Å². The van der Waals surface area contributed by atoms with Crippen molar-refractivity contribution in [2.75, 3.05) is 6.26 Å². The molecule has 10 heteroatoms. The lowest BCUT2D eigenvalue weighted by atomic mass is 10.0. The molecule has 0 aliphatic rings. The van der Waals surface area contributed by atoms with Crippen LogP contribution in [0.2, 0.25) is 0 Å². The summed E-state index contributed by atoms with van der Waals surface area (Å²) in [6, 6.07) is 10.2. The van der Waals surface area contributed by atoms with E-state index in [9.17, 15) is 13.2 Å². The number of nitrogens with two attached hydrogens (primary N) is 1. The van der Waals surface area contributed by atoms with Gasteiger partial charge in [-0.2, -0.15) is 0 Å². The normalized spacial score (nSPS) is 12.9. The first-order valence-corrected chi connectivity index (χ1v) is 13.6. The molecule has 3 rings (SSSR count). The van der Waals surface area contributed by atoms with Crippen LogP contribution in [0.3, 0.4) is 0 Å². The third-order valence-electron chi connectivity index (χ3n) is 4.61. The molecule has 33 heavy (non-hydrogen) atoms. The zero-order valence-electron chi connectivity index (χ0n) is 19.1. The number of carbonyl (C=O) groups is 1. The summed E-state index contributed by atoms with van der Waals surface area (Å²) in [6.45, 7) is 7.18. The number of nitrogens with one attached hydrogen (secondary N) is 1. The van der Waals surface area contributed by atoms with Crippen molar-refractivity contribution in [1.29, 1.82) is 0 Å². The van der Waals surface area contributed by atoms with Crippen LogP contribution in [-0.4, -0.2) is 31.4 Å². The Kier molecular flexibility index (Phi) is 7.52. The molecule has 0 aliphatic heterocycles. The first-order chi connectivity index (χ1) is 15.4. The van der Waals surface area contributed by atoms with Crippen molar-refractivity contribution in [3.8, 4) is 11.1 Å². The van der Waals surface area contributed by atoms with E-state index in [1.807, 2.05) is 19.1 Å². The lowest BCUT2D eigenvalue weighted by Gasteiger charge is -2.21. The number of rotatable bonds is 6. The summed E-state index contributed by atoms with van der Waals surface area (Å²) in [7, 11) is -3.82. The van der Waals surface area contributed by atoms with E-state index in [0.29, 0.717) is 9.09 Å². The van der Waals surface area contributed by atoms with Gasteiger partial charge in [0.1, 0.15) is 11.8 Å². The molecule has 1 aromatic carbocycles. The molecule has 0 radical (unpaired) electrons. The largest absolute Gasteiger partial charge is 0.444 e. The van der Waals surface area contributed by atoms with Crippen molar-refractivity contribution in [3.63, 3.8) is 0 Å². The van der Waals surface area contributed by atoms with Crippen LogP contribution in [0, 0.1) is 6.92 Å². The Bertz CT molecular complexity index is 1260. The minimum atomic E-state index is -3.82. The van der Waals surface area contributed by atoms with Gasteiger partial charge in [0.25, 0.3) is 0 Å². The van der Waals surface area contributed by atoms with Crippen molar-refractivity contribution in [1.82, 2.24) is 10.3 Å². The Morgan fingerprint density at radius 1 is 1.24 bits per heavy atom. The number of thioether (sulfide) groups is 1. The van der Waals surface area contributed by atoms with Crippen LogP contribution in [0.25, 0.3) is 11.1 Å². The average Bonchev–Trinajstić information content (AvgIpc) is 3.18. The molecule has 3 N–H and O–H groups in total. The zero-order chi connectivity index (χ0) is 24.4. The zero-order valence-corrected chi connectivity index (χ0v) is 21.5. The van der Waals surface area contributed by atoms with Gasteiger partial charge in [-0.15, -0.1) is 23.1 Å². The number of aromatic nitrogens is 1. The molecular weight excluding hydrogens is 478 g/mol. The van der Waals surface area contributed by atoms with Crippen LogP contribution in [0.4, 0.5) is 4.79 Å². The number of carbonyl (C=O) groups excluding carboxylic acids is 1. The van der Waals surface area contributed by atoms with E-state index < -0.39 is 27.7 Å². The highest BCUT2D eigenvalue weighted by Crippen LogP contribution is 2.39. The summed E-state index contributed by atoms with van der Waals surface area (Å²) >= 11 is 2.55. The molecule has 2 aromatic heterocycles. The van der Waals surface area contributed by atoms with Crippen molar-refractivity contribution in [2.45, 2.75) is 53.5 Å². The van der Waals surface area contributed by atoms with Gasteiger partial charge in [0.05, 0.1) is 14.0 Å². The number of aryl methyl sites for hydroxylation is 1. The quantitative estimate of drug-likeness (QED) is 0.352. The summed E-state index contributed by atoms with van der Waals surface area (Å²) in [4.78, 5) is 17.1. The predicted octanol–water partition coefficient (Wildman–Crippen LogP) is 5.16. The average molecular weight is 506 g/mol. The van der Waals surface area contributed by atoms with Crippen LogP contribution in [0.1, 0.15) is 37.4 Å². The maximum atomic E-state index is 13.6. The lowest BCUT2D eigenvalue weighted by molar-refractivity contribution is 0.0506. The molecule has 0 spiro atoms. The van der Waals surface area contributed by atoms with Crippen molar-refractivity contribution in [3.05, 3.63) is 59.2 Å². The molecule has 176 valence electrons. The van der Waals surface area contributed by atoms with Crippen LogP contribution in [-0.2, 0) is 14.6 Å². The molecule has 7 nitrogen and oxygen atoms in total. The Hall–Kier alpha value is -2.40. The van der Waals surface area contributed by atoms with E-state index in [1.54, 1.807) is 57.6 Å². The van der Waals surface area contributed by atoms with Gasteiger partial charge in [0, 0.05) is 17.3 Å². The monoisotopic (exact) mass is 505 g/mol. The van der Waals surface area contributed by atoms with Crippen LogP contribution in [0.15, 0.2) is 62.8 Å². The molecular formula is C23H27N3O4S3. The van der Waals surface area contributed by atoms with Gasteiger partial charge in [-0.3, -0.25) is 4.98 Å². The summed E-state index contributed by atoms with van der Waals surface area (Å²) in [5, 5.41) is 2.56. The van der Waals surface area contributed by atoms with Crippen molar-refractivity contribution >= 4 is 39.0 Å². The fourth-order valence-electron chi connectivity index (χ4n) is 3.12. The van der Waals surface area contributed by atoms with Crippen molar-refractivity contribution < 1.29 is 17.9 Å². The third kappa shape index (κ3) is 5.94. The Balaban J connectivity index is 1.95. The van der Waals surface area contributed by atoms with E-state index >= 15 is 0 Å². The first-order valence-electron chi connectivity index (χ1n) is 10.1. The Labute approximate surface area is 202 Å². The summed E-state index contributed by atoms with van der Waals surface area (Å²) < 4.78 is 32.9. The predicted molar refractivity (Wildman–Crippen MR) is 132 cm³/mol. The molecule has 0 fully saturated rings. The number of hydrogen-bond donors (Lipinski definition) is 2. The molecule has 2 heterocycles. The molecule has 0 saturated carbocycles. The number of benzene rings is 1. The second-order valence-electron chi connectivity index (χ2n) is 8.35. The number of alkyl carbamates (subject to hydrolysis) is 1. The number of hydrogen-bond acceptors (Lipinski definition) is 8. The third-order valence-corrected chi connectivity index (χ3v) is 9.00. The molecule has 0 saturated heterocycles. The van der Waals surface area contributed by atoms with Crippen LogP contribution >= 0.6 is 23.1 Å². The number of amides is 1. The van der Waals surface area contributed by atoms with Crippen LogP contribution < -0.4 is 11.1 Å². The highest BCUT2D eigenvalue weighted by molar-refractivity contribution is 8.01. The van der Waals surface area contributed by atoms with E-state index in [2.05, 4.69) is 10.3 Å². The van der Waals surface area contributed by atoms with E-state index in [1.165, 1.54) is 29.2 Å². The van der Waals surface area contributed by atoms with Gasteiger partial charge in [0.2, 0.25) is 9.84 Å². The van der Waals surface area contributed by atoms with Crippen molar-refractivity contribution in [2.24, 2.45) is 5.73 Å². The second kappa shape index (κ2) is 9.84. The first kappa shape index (κ1) is 25.2. The van der Waals surface area contributed by atoms with Gasteiger partial charge in [-0.25, -0.2) is 13.2 Å². The Morgan fingerprint density at radius 2 is 1.97 bits per heavy atom. The number of sulfone groups is 1. The van der Waals surface area contributed by atoms with E-state index in [0.717, 1.165) is 16.7 Å². The summed E-state index contributed by atoms with van der Waals surface area (Å²) in [6.07, 6.45) is 3.66. The van der Waals surface area contributed by atoms with E-state index in [4.69, 9.17) is 10.5 Å².